The lowest BCUT2D eigenvalue weighted by atomic mass is 10.1. The molecule has 7 nitrogen and oxygen atoms in total. The molecule has 3 N–H and O–H groups in total. The highest BCUT2D eigenvalue weighted by atomic mass is 79.9. The Labute approximate surface area is 167 Å². The Morgan fingerprint density at radius 3 is 2.63 bits per heavy atom. The van der Waals surface area contributed by atoms with Crippen LogP contribution in [0.15, 0.2) is 40.9 Å². The number of anilines is 1. The second-order valence-electron chi connectivity index (χ2n) is 5.80. The van der Waals surface area contributed by atoms with E-state index in [1.54, 1.807) is 36.4 Å². The molecule has 0 saturated carbocycles. The Bertz CT molecular complexity index is 931. The summed E-state index contributed by atoms with van der Waals surface area (Å²) >= 11 is 3.40. The number of benzene rings is 2. The van der Waals surface area contributed by atoms with Gasteiger partial charge in [0.05, 0.1) is 23.9 Å². The van der Waals surface area contributed by atoms with Crippen molar-refractivity contribution in [2.45, 2.75) is 19.1 Å². The van der Waals surface area contributed by atoms with E-state index in [2.05, 4.69) is 21.2 Å². The molecule has 0 unspecified atom stereocenters. The molecule has 0 aliphatic carbocycles. The fourth-order valence-corrected chi connectivity index (χ4v) is 3.57. The number of sulfonamides is 1. The Hall–Kier alpha value is -2.10. The van der Waals surface area contributed by atoms with Gasteiger partial charge in [-0.1, -0.05) is 19.1 Å². The Kier molecular flexibility index (Phi) is 7.23. The van der Waals surface area contributed by atoms with Gasteiger partial charge in [-0.3, -0.25) is 4.79 Å². The van der Waals surface area contributed by atoms with Gasteiger partial charge in [-0.25, -0.2) is 13.6 Å². The van der Waals surface area contributed by atoms with Crippen LogP contribution in [0.3, 0.4) is 0 Å². The highest BCUT2D eigenvalue weighted by Crippen LogP contribution is 2.37. The molecule has 27 heavy (non-hydrogen) atoms. The van der Waals surface area contributed by atoms with Crippen molar-refractivity contribution in [2.24, 2.45) is 5.14 Å². The summed E-state index contributed by atoms with van der Waals surface area (Å²) in [5.74, 6) is 0.292. The summed E-state index contributed by atoms with van der Waals surface area (Å²) in [6.07, 6.45) is 0.840. The molecule has 0 fully saturated rings. The minimum atomic E-state index is -3.65. The van der Waals surface area contributed by atoms with E-state index in [-0.39, 0.29) is 11.7 Å². The quantitative estimate of drug-likeness (QED) is 0.633. The van der Waals surface area contributed by atoms with E-state index in [0.717, 1.165) is 6.42 Å². The van der Waals surface area contributed by atoms with Crippen molar-refractivity contribution in [1.29, 1.82) is 0 Å². The normalized spacial score (nSPS) is 11.1. The molecule has 0 radical (unpaired) electrons. The van der Waals surface area contributed by atoms with E-state index in [9.17, 15) is 13.2 Å². The zero-order chi connectivity index (χ0) is 20.0. The standard InChI is InChI=1S/C18H21BrN2O5S/c1-3-7-26-17-15(19)9-13(10-16(17)25-2)18(22)21-14-6-4-5-12(8-14)11-27(20,23)24/h4-6,8-10H,3,7,11H2,1-2H3,(H,21,22)(H2,20,23,24). The van der Waals surface area contributed by atoms with Gasteiger partial charge < -0.3 is 14.8 Å². The van der Waals surface area contributed by atoms with Crippen molar-refractivity contribution in [3.05, 3.63) is 52.0 Å². The van der Waals surface area contributed by atoms with Crippen molar-refractivity contribution in [2.75, 3.05) is 19.0 Å². The number of hydrogen-bond acceptors (Lipinski definition) is 5. The topological polar surface area (TPSA) is 108 Å². The van der Waals surface area contributed by atoms with E-state index in [1.807, 2.05) is 6.92 Å². The molecule has 0 saturated heterocycles. The minimum Gasteiger partial charge on any atom is -0.493 e. The van der Waals surface area contributed by atoms with Crippen molar-refractivity contribution in [3.8, 4) is 11.5 Å². The highest BCUT2D eigenvalue weighted by molar-refractivity contribution is 9.10. The fourth-order valence-electron chi connectivity index (χ4n) is 2.37. The summed E-state index contributed by atoms with van der Waals surface area (Å²) in [6.45, 7) is 2.52. The molecule has 0 heterocycles. The Balaban J connectivity index is 2.23. The third-order valence-electron chi connectivity index (χ3n) is 3.49. The number of rotatable bonds is 8. The second kappa shape index (κ2) is 9.20. The third kappa shape index (κ3) is 6.23. The number of halogens is 1. The van der Waals surface area contributed by atoms with Crippen LogP contribution in [0.1, 0.15) is 29.3 Å². The monoisotopic (exact) mass is 456 g/mol. The first-order valence-electron chi connectivity index (χ1n) is 8.14. The average Bonchev–Trinajstić information content (AvgIpc) is 2.58. The maximum atomic E-state index is 12.6. The molecular formula is C18H21BrN2O5S. The van der Waals surface area contributed by atoms with Gasteiger partial charge in [-0.05, 0) is 52.2 Å². The number of primary sulfonamides is 1. The lowest BCUT2D eigenvalue weighted by Crippen LogP contribution is -2.15. The largest absolute Gasteiger partial charge is 0.493 e. The smallest absolute Gasteiger partial charge is 0.255 e. The van der Waals surface area contributed by atoms with Gasteiger partial charge in [0.25, 0.3) is 5.91 Å². The van der Waals surface area contributed by atoms with Crippen LogP contribution < -0.4 is 19.9 Å². The molecule has 2 aromatic rings. The molecule has 0 aliphatic rings. The van der Waals surface area contributed by atoms with E-state index in [0.29, 0.717) is 39.4 Å². The van der Waals surface area contributed by atoms with E-state index in [4.69, 9.17) is 14.6 Å². The molecule has 2 aromatic carbocycles. The summed E-state index contributed by atoms with van der Waals surface area (Å²) in [7, 11) is -2.15. The zero-order valence-corrected chi connectivity index (χ0v) is 17.4. The number of methoxy groups -OCH3 is 1. The van der Waals surface area contributed by atoms with Gasteiger partial charge in [-0.2, -0.15) is 0 Å². The number of nitrogens with two attached hydrogens (primary N) is 1. The molecule has 0 aliphatic heterocycles. The van der Waals surface area contributed by atoms with Gasteiger partial charge in [0.1, 0.15) is 0 Å². The van der Waals surface area contributed by atoms with Gasteiger partial charge in [-0.15, -0.1) is 0 Å². The Morgan fingerprint density at radius 1 is 1.26 bits per heavy atom. The van der Waals surface area contributed by atoms with Crippen molar-refractivity contribution in [1.82, 2.24) is 0 Å². The van der Waals surface area contributed by atoms with Crippen LogP contribution in [-0.4, -0.2) is 28.0 Å². The number of carbonyl (C=O) groups excluding carboxylic acids is 1. The van der Waals surface area contributed by atoms with Crippen LogP contribution in [0, 0.1) is 0 Å². The molecule has 1 amide bonds. The summed E-state index contributed by atoms with van der Waals surface area (Å²) in [4.78, 5) is 12.6. The molecular weight excluding hydrogens is 436 g/mol. The molecule has 2 rings (SSSR count). The van der Waals surface area contributed by atoms with Crippen LogP contribution in [0.25, 0.3) is 0 Å². The van der Waals surface area contributed by atoms with Gasteiger partial charge in [0.15, 0.2) is 11.5 Å². The van der Waals surface area contributed by atoms with E-state index in [1.165, 1.54) is 7.11 Å². The number of ether oxygens (including phenoxy) is 2. The molecule has 0 spiro atoms. The molecule has 9 heteroatoms. The number of nitrogens with one attached hydrogen (secondary N) is 1. The SMILES string of the molecule is CCCOc1c(Br)cc(C(=O)Nc2cccc(CS(N)(=O)=O)c2)cc1OC. The lowest BCUT2D eigenvalue weighted by molar-refractivity contribution is 0.102. The first kappa shape index (κ1) is 21.2. The van der Waals surface area contributed by atoms with E-state index < -0.39 is 10.0 Å². The molecule has 0 bridgehead atoms. The van der Waals surface area contributed by atoms with Crippen molar-refractivity contribution >= 4 is 37.5 Å². The maximum absolute atomic E-state index is 12.6. The van der Waals surface area contributed by atoms with Gasteiger partial charge >= 0.3 is 0 Å². The minimum absolute atomic E-state index is 0.306. The van der Waals surface area contributed by atoms with Gasteiger partial charge in [0.2, 0.25) is 10.0 Å². The van der Waals surface area contributed by atoms with Crippen molar-refractivity contribution in [3.63, 3.8) is 0 Å². The van der Waals surface area contributed by atoms with Gasteiger partial charge in [0, 0.05) is 11.3 Å². The number of amides is 1. The number of hydrogen-bond donors (Lipinski definition) is 2. The van der Waals surface area contributed by atoms with E-state index >= 15 is 0 Å². The van der Waals surface area contributed by atoms with Crippen LogP contribution in [-0.2, 0) is 15.8 Å². The first-order chi connectivity index (χ1) is 12.7. The van der Waals surface area contributed by atoms with Crippen LogP contribution in [0.2, 0.25) is 0 Å². The van der Waals surface area contributed by atoms with Crippen molar-refractivity contribution < 1.29 is 22.7 Å². The summed E-state index contributed by atoms with van der Waals surface area (Å²) in [6, 6.07) is 9.72. The fraction of sp³-hybridized carbons (Fsp3) is 0.278. The van der Waals surface area contributed by atoms with Crippen LogP contribution >= 0.6 is 15.9 Å². The summed E-state index contributed by atoms with van der Waals surface area (Å²) < 4.78 is 34.0. The number of carbonyl (C=O) groups is 1. The first-order valence-corrected chi connectivity index (χ1v) is 10.7. The predicted octanol–water partition coefficient (Wildman–Crippen LogP) is 3.29. The second-order valence-corrected chi connectivity index (χ2v) is 8.27. The van der Waals surface area contributed by atoms with Crippen LogP contribution in [0.4, 0.5) is 5.69 Å². The predicted molar refractivity (Wildman–Crippen MR) is 108 cm³/mol. The average molecular weight is 457 g/mol. The third-order valence-corrected chi connectivity index (χ3v) is 4.82. The maximum Gasteiger partial charge on any atom is 0.255 e. The molecule has 0 aromatic heterocycles. The van der Waals surface area contributed by atoms with Crippen LogP contribution in [0.5, 0.6) is 11.5 Å². The molecule has 146 valence electrons. The summed E-state index contributed by atoms with van der Waals surface area (Å²) in [5, 5.41) is 7.79. The Morgan fingerprint density at radius 2 is 2.00 bits per heavy atom. The highest BCUT2D eigenvalue weighted by Gasteiger charge is 2.16. The summed E-state index contributed by atoms with van der Waals surface area (Å²) in [5.41, 5.74) is 1.30. The lowest BCUT2D eigenvalue weighted by Gasteiger charge is -2.14. The zero-order valence-electron chi connectivity index (χ0n) is 15.0. The molecule has 0 atom stereocenters.